The Hall–Kier alpha value is -1.02. The maximum absolute atomic E-state index is 12.3. The fourth-order valence-corrected chi connectivity index (χ4v) is 4.12. The lowest BCUT2D eigenvalue weighted by Gasteiger charge is -2.14. The number of rotatable bonds is 6. The van der Waals surface area contributed by atoms with Gasteiger partial charge in [-0.3, -0.25) is 0 Å². The second-order valence-electron chi connectivity index (χ2n) is 3.97. The molecule has 0 aliphatic rings. The van der Waals surface area contributed by atoms with Gasteiger partial charge in [-0.05, 0) is 19.1 Å². The number of para-hydroxylation sites is 1. The standard InChI is InChI=1S/C12H16N2O3S2/c1-3-17-9-8-14(2)19(15,16)12-13-10-6-4-5-7-11(10)18-12/h4-7H,3,8-9H2,1-2H3. The van der Waals surface area contributed by atoms with Gasteiger partial charge in [0.1, 0.15) is 0 Å². The molecule has 5 nitrogen and oxygen atoms in total. The molecule has 0 radical (unpaired) electrons. The molecule has 0 amide bonds. The van der Waals surface area contributed by atoms with E-state index in [1.165, 1.54) is 15.6 Å². The fourth-order valence-electron chi connectivity index (χ4n) is 1.55. The topological polar surface area (TPSA) is 59.5 Å². The van der Waals surface area contributed by atoms with Crippen LogP contribution >= 0.6 is 11.3 Å². The molecule has 2 rings (SSSR count). The molecule has 104 valence electrons. The molecule has 0 N–H and O–H groups in total. The van der Waals surface area contributed by atoms with E-state index in [-0.39, 0.29) is 4.34 Å². The lowest BCUT2D eigenvalue weighted by molar-refractivity contribution is 0.138. The van der Waals surface area contributed by atoms with E-state index in [4.69, 9.17) is 4.74 Å². The Labute approximate surface area is 116 Å². The highest BCUT2D eigenvalue weighted by Crippen LogP contribution is 2.26. The van der Waals surface area contributed by atoms with Crippen LogP contribution in [0.25, 0.3) is 10.2 Å². The fraction of sp³-hybridized carbons (Fsp3) is 0.417. The summed E-state index contributed by atoms with van der Waals surface area (Å²) in [6.07, 6.45) is 0. The van der Waals surface area contributed by atoms with Crippen molar-refractivity contribution in [1.29, 1.82) is 0 Å². The first-order valence-electron chi connectivity index (χ1n) is 5.95. The molecule has 19 heavy (non-hydrogen) atoms. The Morgan fingerprint density at radius 3 is 2.79 bits per heavy atom. The molecule has 0 bridgehead atoms. The van der Waals surface area contributed by atoms with Gasteiger partial charge in [0.25, 0.3) is 10.0 Å². The van der Waals surface area contributed by atoms with Crippen LogP contribution in [-0.2, 0) is 14.8 Å². The van der Waals surface area contributed by atoms with Crippen molar-refractivity contribution in [2.24, 2.45) is 0 Å². The minimum Gasteiger partial charge on any atom is -0.380 e. The first-order chi connectivity index (χ1) is 9.05. The van der Waals surface area contributed by atoms with Gasteiger partial charge in [0.2, 0.25) is 4.34 Å². The second-order valence-corrected chi connectivity index (χ2v) is 7.22. The summed E-state index contributed by atoms with van der Waals surface area (Å²) in [5.41, 5.74) is 0.712. The van der Waals surface area contributed by atoms with E-state index < -0.39 is 10.0 Å². The summed E-state index contributed by atoms with van der Waals surface area (Å²) < 4.78 is 32.1. The summed E-state index contributed by atoms with van der Waals surface area (Å²) in [6.45, 7) is 3.17. The second kappa shape index (κ2) is 5.96. The molecule has 1 aromatic carbocycles. The van der Waals surface area contributed by atoms with Crippen molar-refractivity contribution in [2.75, 3.05) is 26.8 Å². The van der Waals surface area contributed by atoms with Crippen molar-refractivity contribution in [3.63, 3.8) is 0 Å². The van der Waals surface area contributed by atoms with Crippen LogP contribution < -0.4 is 0 Å². The van der Waals surface area contributed by atoms with E-state index in [1.54, 1.807) is 7.05 Å². The molecule has 0 saturated carbocycles. The summed E-state index contributed by atoms with van der Waals surface area (Å²) in [7, 11) is -1.98. The number of hydrogen-bond donors (Lipinski definition) is 0. The lowest BCUT2D eigenvalue weighted by atomic mass is 10.3. The third-order valence-electron chi connectivity index (χ3n) is 2.66. The maximum Gasteiger partial charge on any atom is 0.270 e. The minimum absolute atomic E-state index is 0.132. The highest BCUT2D eigenvalue weighted by atomic mass is 32.2. The van der Waals surface area contributed by atoms with E-state index in [9.17, 15) is 8.42 Å². The average molecular weight is 300 g/mol. The van der Waals surface area contributed by atoms with E-state index in [2.05, 4.69) is 4.98 Å². The lowest BCUT2D eigenvalue weighted by Crippen LogP contribution is -2.30. The Kier molecular flexibility index (Phi) is 4.51. The Morgan fingerprint density at radius 2 is 2.11 bits per heavy atom. The number of sulfonamides is 1. The number of nitrogens with zero attached hydrogens (tertiary/aromatic N) is 2. The SMILES string of the molecule is CCOCCN(C)S(=O)(=O)c1nc2ccccc2s1. The summed E-state index contributed by atoms with van der Waals surface area (Å²) in [4.78, 5) is 4.18. The predicted octanol–water partition coefficient (Wildman–Crippen LogP) is 1.95. The van der Waals surface area contributed by atoms with Crippen molar-refractivity contribution in [1.82, 2.24) is 9.29 Å². The molecule has 2 aromatic rings. The number of aromatic nitrogens is 1. The van der Waals surface area contributed by atoms with Gasteiger partial charge in [0.05, 0.1) is 16.8 Å². The van der Waals surface area contributed by atoms with Crippen molar-refractivity contribution in [3.8, 4) is 0 Å². The smallest absolute Gasteiger partial charge is 0.270 e. The molecule has 7 heteroatoms. The molecule has 0 saturated heterocycles. The van der Waals surface area contributed by atoms with Gasteiger partial charge in [-0.2, -0.15) is 4.31 Å². The summed E-state index contributed by atoms with van der Waals surface area (Å²) in [5, 5.41) is 0. The monoisotopic (exact) mass is 300 g/mol. The average Bonchev–Trinajstić information content (AvgIpc) is 2.83. The van der Waals surface area contributed by atoms with Crippen molar-refractivity contribution in [3.05, 3.63) is 24.3 Å². The van der Waals surface area contributed by atoms with Crippen LogP contribution in [0.5, 0.6) is 0 Å². The molecule has 1 aromatic heterocycles. The minimum atomic E-state index is -3.52. The molecule has 0 spiro atoms. The van der Waals surface area contributed by atoms with Gasteiger partial charge < -0.3 is 4.74 Å². The molecule has 0 unspecified atom stereocenters. The number of fused-ring (bicyclic) bond motifs is 1. The molecule has 0 atom stereocenters. The van der Waals surface area contributed by atoms with E-state index in [0.717, 1.165) is 4.70 Å². The summed E-state index contributed by atoms with van der Waals surface area (Å²) in [6, 6.07) is 7.39. The molecule has 1 heterocycles. The number of ether oxygens (including phenoxy) is 1. The predicted molar refractivity (Wildman–Crippen MR) is 75.9 cm³/mol. The van der Waals surface area contributed by atoms with E-state index in [1.807, 2.05) is 31.2 Å². The van der Waals surface area contributed by atoms with E-state index in [0.29, 0.717) is 25.3 Å². The van der Waals surface area contributed by atoms with Crippen molar-refractivity contribution >= 4 is 31.6 Å². The van der Waals surface area contributed by atoms with Crippen molar-refractivity contribution < 1.29 is 13.2 Å². The normalized spacial score (nSPS) is 12.4. The first kappa shape index (κ1) is 14.4. The number of likely N-dealkylation sites (N-methyl/N-ethyl adjacent to an activating group) is 1. The number of hydrogen-bond acceptors (Lipinski definition) is 5. The zero-order valence-corrected chi connectivity index (χ0v) is 12.5. The largest absolute Gasteiger partial charge is 0.380 e. The van der Waals surface area contributed by atoms with Gasteiger partial charge in [0, 0.05) is 20.2 Å². The Bertz CT molecular complexity index is 619. The highest BCUT2D eigenvalue weighted by Gasteiger charge is 2.24. The van der Waals surface area contributed by atoms with Crippen LogP contribution in [0, 0.1) is 0 Å². The molecular weight excluding hydrogens is 284 g/mol. The van der Waals surface area contributed by atoms with Crippen molar-refractivity contribution in [2.45, 2.75) is 11.3 Å². The molecule has 0 aliphatic carbocycles. The van der Waals surface area contributed by atoms with Crippen LogP contribution in [0.1, 0.15) is 6.92 Å². The third kappa shape index (κ3) is 3.11. The highest BCUT2D eigenvalue weighted by molar-refractivity contribution is 7.91. The van der Waals surface area contributed by atoms with Gasteiger partial charge in [-0.1, -0.05) is 12.1 Å². The van der Waals surface area contributed by atoms with Gasteiger partial charge >= 0.3 is 0 Å². The summed E-state index contributed by atoms with van der Waals surface area (Å²) in [5.74, 6) is 0. The number of benzene rings is 1. The molecular formula is C12H16N2O3S2. The van der Waals surface area contributed by atoms with Crippen LogP contribution in [-0.4, -0.2) is 44.5 Å². The van der Waals surface area contributed by atoms with Gasteiger partial charge in [-0.25, -0.2) is 13.4 Å². The summed E-state index contributed by atoms with van der Waals surface area (Å²) >= 11 is 1.19. The molecule has 0 fully saturated rings. The van der Waals surface area contributed by atoms with Gasteiger partial charge in [0.15, 0.2) is 0 Å². The zero-order chi connectivity index (χ0) is 13.9. The first-order valence-corrected chi connectivity index (χ1v) is 8.21. The Balaban J connectivity index is 2.23. The van der Waals surface area contributed by atoms with Crippen LogP contribution in [0.4, 0.5) is 0 Å². The third-order valence-corrected chi connectivity index (χ3v) is 5.91. The quantitative estimate of drug-likeness (QED) is 0.765. The van der Waals surface area contributed by atoms with E-state index >= 15 is 0 Å². The van der Waals surface area contributed by atoms with Crippen LogP contribution in [0.2, 0.25) is 0 Å². The van der Waals surface area contributed by atoms with Crippen LogP contribution in [0.3, 0.4) is 0 Å². The zero-order valence-electron chi connectivity index (χ0n) is 10.9. The van der Waals surface area contributed by atoms with Gasteiger partial charge in [-0.15, -0.1) is 11.3 Å². The Morgan fingerprint density at radius 1 is 1.37 bits per heavy atom. The maximum atomic E-state index is 12.3. The number of thiazole rings is 1. The molecule has 0 aliphatic heterocycles. The van der Waals surface area contributed by atoms with Crippen LogP contribution in [0.15, 0.2) is 28.6 Å².